The fourth-order valence-electron chi connectivity index (χ4n) is 1.88. The highest BCUT2D eigenvalue weighted by Gasteiger charge is 2.14. The molecule has 21 heavy (non-hydrogen) atoms. The Labute approximate surface area is 125 Å². The number of ether oxygens (including phenoxy) is 1. The van der Waals surface area contributed by atoms with Crippen molar-refractivity contribution in [3.05, 3.63) is 41.7 Å². The summed E-state index contributed by atoms with van der Waals surface area (Å²) in [6, 6.07) is 8.92. The van der Waals surface area contributed by atoms with Crippen LogP contribution in [0.25, 0.3) is 6.08 Å². The molecule has 0 aliphatic rings. The van der Waals surface area contributed by atoms with Crippen LogP contribution in [0.4, 0.5) is 0 Å². The maximum Gasteiger partial charge on any atom is 0.371 e. The lowest BCUT2D eigenvalue weighted by molar-refractivity contribution is -0.148. The lowest BCUT2D eigenvalue weighted by Crippen LogP contribution is -2.11. The number of rotatable bonds is 9. The van der Waals surface area contributed by atoms with Crippen molar-refractivity contribution in [2.45, 2.75) is 45.4 Å². The van der Waals surface area contributed by atoms with Crippen molar-refractivity contribution >= 4 is 18.0 Å². The standard InChI is InChI=1S/C17H22O4/c1-2-3-4-5-9-12-16(18)21-15(17(19)20)13-14-10-7-6-8-11-14/h6-8,10-11,13H,2-5,9,12H2,1H3,(H,19,20). The molecule has 1 aromatic rings. The van der Waals surface area contributed by atoms with E-state index in [2.05, 4.69) is 6.92 Å². The predicted molar refractivity (Wildman–Crippen MR) is 81.5 cm³/mol. The average molecular weight is 290 g/mol. The first-order valence-electron chi connectivity index (χ1n) is 7.34. The van der Waals surface area contributed by atoms with Crippen LogP contribution in [0.2, 0.25) is 0 Å². The van der Waals surface area contributed by atoms with E-state index in [-0.39, 0.29) is 12.2 Å². The molecule has 1 N–H and O–H groups in total. The molecule has 1 aromatic carbocycles. The van der Waals surface area contributed by atoms with Gasteiger partial charge in [-0.15, -0.1) is 0 Å². The Morgan fingerprint density at radius 2 is 1.76 bits per heavy atom. The highest BCUT2D eigenvalue weighted by atomic mass is 16.6. The summed E-state index contributed by atoms with van der Waals surface area (Å²) in [5.74, 6) is -2.06. The summed E-state index contributed by atoms with van der Waals surface area (Å²) in [4.78, 5) is 22.8. The largest absolute Gasteiger partial charge is 0.475 e. The van der Waals surface area contributed by atoms with Crippen LogP contribution in [0.5, 0.6) is 0 Å². The molecule has 0 atom stereocenters. The van der Waals surface area contributed by atoms with Crippen molar-refractivity contribution in [3.8, 4) is 0 Å². The minimum absolute atomic E-state index is 0.253. The van der Waals surface area contributed by atoms with Crippen LogP contribution in [0.1, 0.15) is 51.0 Å². The number of benzene rings is 1. The first kappa shape index (κ1) is 17.0. The molecule has 0 saturated heterocycles. The molecule has 0 aromatic heterocycles. The number of hydrogen-bond donors (Lipinski definition) is 1. The summed E-state index contributed by atoms with van der Waals surface area (Å²) < 4.78 is 4.95. The van der Waals surface area contributed by atoms with Gasteiger partial charge in [0.05, 0.1) is 0 Å². The number of carbonyl (C=O) groups is 2. The van der Waals surface area contributed by atoms with Gasteiger partial charge < -0.3 is 9.84 Å². The lowest BCUT2D eigenvalue weighted by Gasteiger charge is -2.05. The van der Waals surface area contributed by atoms with Gasteiger partial charge in [0.2, 0.25) is 5.76 Å². The molecule has 0 aliphatic heterocycles. The van der Waals surface area contributed by atoms with Gasteiger partial charge in [-0.05, 0) is 18.1 Å². The summed E-state index contributed by atoms with van der Waals surface area (Å²) in [6.07, 6.45) is 6.71. The minimum atomic E-state index is -1.24. The van der Waals surface area contributed by atoms with Crippen molar-refractivity contribution in [2.75, 3.05) is 0 Å². The topological polar surface area (TPSA) is 63.6 Å². The fraction of sp³-hybridized carbons (Fsp3) is 0.412. The van der Waals surface area contributed by atoms with Gasteiger partial charge in [-0.3, -0.25) is 4.79 Å². The zero-order valence-corrected chi connectivity index (χ0v) is 12.4. The third-order valence-electron chi connectivity index (χ3n) is 3.02. The highest BCUT2D eigenvalue weighted by Crippen LogP contribution is 2.11. The maximum atomic E-state index is 11.7. The summed E-state index contributed by atoms with van der Waals surface area (Å²) in [7, 11) is 0. The number of esters is 1. The Bertz CT molecular complexity index is 477. The second-order valence-electron chi connectivity index (χ2n) is 4.86. The van der Waals surface area contributed by atoms with Crippen molar-refractivity contribution in [1.82, 2.24) is 0 Å². The second-order valence-corrected chi connectivity index (χ2v) is 4.86. The van der Waals surface area contributed by atoms with Gasteiger partial charge in [0, 0.05) is 6.42 Å². The van der Waals surface area contributed by atoms with Gasteiger partial charge in [-0.25, -0.2) is 4.79 Å². The van der Waals surface area contributed by atoms with Gasteiger partial charge >= 0.3 is 11.9 Å². The summed E-state index contributed by atoms with van der Waals surface area (Å²) in [5.41, 5.74) is 0.686. The van der Waals surface area contributed by atoms with E-state index in [1.807, 2.05) is 6.07 Å². The quantitative estimate of drug-likeness (QED) is 0.323. The molecule has 0 aliphatic carbocycles. The zero-order chi connectivity index (χ0) is 15.5. The molecule has 1 rings (SSSR count). The van der Waals surface area contributed by atoms with Crippen LogP contribution in [-0.4, -0.2) is 17.0 Å². The van der Waals surface area contributed by atoms with E-state index in [1.165, 1.54) is 6.08 Å². The van der Waals surface area contributed by atoms with Crippen molar-refractivity contribution in [2.24, 2.45) is 0 Å². The lowest BCUT2D eigenvalue weighted by atomic mass is 10.1. The second kappa shape index (κ2) is 9.75. The highest BCUT2D eigenvalue weighted by molar-refractivity contribution is 5.92. The number of carbonyl (C=O) groups excluding carboxylic acids is 1. The van der Waals surface area contributed by atoms with Gasteiger partial charge in [-0.2, -0.15) is 0 Å². The van der Waals surface area contributed by atoms with E-state index in [1.54, 1.807) is 24.3 Å². The van der Waals surface area contributed by atoms with Gasteiger partial charge in [0.15, 0.2) is 0 Å². The smallest absolute Gasteiger partial charge is 0.371 e. The third kappa shape index (κ3) is 7.30. The summed E-state index contributed by atoms with van der Waals surface area (Å²) in [6.45, 7) is 2.13. The van der Waals surface area contributed by atoms with Crippen molar-refractivity contribution in [3.63, 3.8) is 0 Å². The molecule has 4 nitrogen and oxygen atoms in total. The van der Waals surface area contributed by atoms with Crippen LogP contribution in [0.3, 0.4) is 0 Å². The SMILES string of the molecule is CCCCCCCC(=O)OC(=Cc1ccccc1)C(=O)O. The Morgan fingerprint density at radius 3 is 2.38 bits per heavy atom. The molecular weight excluding hydrogens is 268 g/mol. The van der Waals surface area contributed by atoms with Crippen LogP contribution >= 0.6 is 0 Å². The summed E-state index contributed by atoms with van der Waals surface area (Å²) >= 11 is 0. The number of hydrogen-bond acceptors (Lipinski definition) is 3. The van der Waals surface area contributed by atoms with E-state index in [9.17, 15) is 9.59 Å². The Hall–Kier alpha value is -2.10. The van der Waals surface area contributed by atoms with E-state index in [0.29, 0.717) is 5.56 Å². The number of unbranched alkanes of at least 4 members (excludes halogenated alkanes) is 4. The maximum absolute atomic E-state index is 11.7. The average Bonchev–Trinajstić information content (AvgIpc) is 2.47. The monoisotopic (exact) mass is 290 g/mol. The van der Waals surface area contributed by atoms with Crippen LogP contribution in [-0.2, 0) is 14.3 Å². The van der Waals surface area contributed by atoms with E-state index in [4.69, 9.17) is 9.84 Å². The van der Waals surface area contributed by atoms with Crippen LogP contribution in [0, 0.1) is 0 Å². The predicted octanol–water partition coefficient (Wildman–Crippen LogP) is 4.02. The van der Waals surface area contributed by atoms with Gasteiger partial charge in [-0.1, -0.05) is 62.9 Å². The van der Waals surface area contributed by atoms with E-state index < -0.39 is 11.9 Å². The normalized spacial score (nSPS) is 11.2. The summed E-state index contributed by atoms with van der Waals surface area (Å²) in [5, 5.41) is 9.08. The molecule has 0 heterocycles. The first-order chi connectivity index (χ1) is 10.1. The van der Waals surface area contributed by atoms with Crippen LogP contribution in [0.15, 0.2) is 36.1 Å². The molecule has 0 saturated carbocycles. The molecule has 0 amide bonds. The Balaban J connectivity index is 2.49. The first-order valence-corrected chi connectivity index (χ1v) is 7.34. The molecule has 4 heteroatoms. The molecular formula is C17H22O4. The van der Waals surface area contributed by atoms with Crippen molar-refractivity contribution in [1.29, 1.82) is 0 Å². The van der Waals surface area contributed by atoms with Gasteiger partial charge in [0.25, 0.3) is 0 Å². The molecule has 0 bridgehead atoms. The van der Waals surface area contributed by atoms with Crippen molar-refractivity contribution < 1.29 is 19.4 Å². The minimum Gasteiger partial charge on any atom is -0.475 e. The number of carboxylic acid groups (broad SMARTS) is 1. The molecule has 114 valence electrons. The molecule has 0 fully saturated rings. The Kier molecular flexibility index (Phi) is 7.87. The third-order valence-corrected chi connectivity index (χ3v) is 3.02. The molecule has 0 spiro atoms. The van der Waals surface area contributed by atoms with E-state index in [0.717, 1.165) is 32.1 Å². The van der Waals surface area contributed by atoms with Crippen LogP contribution < -0.4 is 0 Å². The molecule has 0 unspecified atom stereocenters. The Morgan fingerprint density at radius 1 is 1.10 bits per heavy atom. The fourth-order valence-corrected chi connectivity index (χ4v) is 1.88. The van der Waals surface area contributed by atoms with E-state index >= 15 is 0 Å². The molecule has 0 radical (unpaired) electrons. The number of aliphatic carboxylic acids is 1. The number of carboxylic acids is 1. The zero-order valence-electron chi connectivity index (χ0n) is 12.4. The van der Waals surface area contributed by atoms with Gasteiger partial charge in [0.1, 0.15) is 0 Å².